The summed E-state index contributed by atoms with van der Waals surface area (Å²) in [5.74, 6) is 0. The molecular formula is C11H21N. The third kappa shape index (κ3) is 2.54. The van der Waals surface area contributed by atoms with Crippen LogP contribution in [0, 0.1) is 5.41 Å². The quantitative estimate of drug-likeness (QED) is 0.666. The van der Waals surface area contributed by atoms with Gasteiger partial charge in [0, 0.05) is 17.2 Å². The first-order chi connectivity index (χ1) is 5.50. The van der Waals surface area contributed by atoms with E-state index in [0.29, 0.717) is 6.04 Å². The summed E-state index contributed by atoms with van der Waals surface area (Å²) in [5.41, 5.74) is 1.40. The maximum Gasteiger partial charge on any atom is 0.0258 e. The molecule has 0 aliphatic heterocycles. The van der Waals surface area contributed by atoms with Crippen molar-refractivity contribution in [2.24, 2.45) is 5.41 Å². The van der Waals surface area contributed by atoms with Gasteiger partial charge in [0.2, 0.25) is 0 Å². The van der Waals surface area contributed by atoms with E-state index < -0.39 is 0 Å². The molecule has 1 N–H and O–H groups in total. The van der Waals surface area contributed by atoms with Gasteiger partial charge in [-0.3, -0.25) is 0 Å². The van der Waals surface area contributed by atoms with E-state index in [9.17, 15) is 0 Å². The number of allylic oxidation sites excluding steroid dienone is 1. The SMILES string of the molecule is C=C(NC1CCCC1)C(C)(C)C. The van der Waals surface area contributed by atoms with E-state index in [1.54, 1.807) is 0 Å². The van der Waals surface area contributed by atoms with Gasteiger partial charge in [-0.1, -0.05) is 40.2 Å². The fraction of sp³-hybridized carbons (Fsp3) is 0.818. The van der Waals surface area contributed by atoms with Crippen molar-refractivity contribution in [1.29, 1.82) is 0 Å². The number of nitrogens with one attached hydrogen (secondary N) is 1. The van der Waals surface area contributed by atoms with Crippen molar-refractivity contribution in [3.8, 4) is 0 Å². The fourth-order valence-electron chi connectivity index (χ4n) is 1.53. The van der Waals surface area contributed by atoms with Gasteiger partial charge in [-0.25, -0.2) is 0 Å². The number of rotatable bonds is 2. The van der Waals surface area contributed by atoms with Gasteiger partial charge in [-0.2, -0.15) is 0 Å². The molecule has 0 spiro atoms. The van der Waals surface area contributed by atoms with Crippen LogP contribution >= 0.6 is 0 Å². The van der Waals surface area contributed by atoms with Crippen molar-refractivity contribution < 1.29 is 0 Å². The highest BCUT2D eigenvalue weighted by Crippen LogP contribution is 2.25. The van der Waals surface area contributed by atoms with Crippen molar-refractivity contribution in [2.75, 3.05) is 0 Å². The first-order valence-electron chi connectivity index (χ1n) is 4.96. The molecule has 1 rings (SSSR count). The minimum atomic E-state index is 0.211. The summed E-state index contributed by atoms with van der Waals surface area (Å²) < 4.78 is 0. The first kappa shape index (κ1) is 9.63. The van der Waals surface area contributed by atoms with Gasteiger partial charge in [-0.15, -0.1) is 0 Å². The summed E-state index contributed by atoms with van der Waals surface area (Å²) in [7, 11) is 0. The maximum absolute atomic E-state index is 4.08. The Kier molecular flexibility index (Phi) is 2.81. The molecule has 0 bridgehead atoms. The van der Waals surface area contributed by atoms with Gasteiger partial charge in [0.15, 0.2) is 0 Å². The van der Waals surface area contributed by atoms with Crippen molar-refractivity contribution >= 4 is 0 Å². The monoisotopic (exact) mass is 167 g/mol. The molecule has 0 saturated heterocycles. The van der Waals surface area contributed by atoms with Crippen molar-refractivity contribution in [3.05, 3.63) is 12.3 Å². The van der Waals surface area contributed by atoms with Crippen LogP contribution < -0.4 is 5.32 Å². The van der Waals surface area contributed by atoms with Crippen LogP contribution in [0.5, 0.6) is 0 Å². The minimum Gasteiger partial charge on any atom is -0.386 e. The Labute approximate surface area is 76.2 Å². The lowest BCUT2D eigenvalue weighted by atomic mass is 9.92. The first-order valence-corrected chi connectivity index (χ1v) is 4.96. The smallest absolute Gasteiger partial charge is 0.0258 e. The van der Waals surface area contributed by atoms with Crippen LogP contribution in [0.4, 0.5) is 0 Å². The van der Waals surface area contributed by atoms with Crippen molar-refractivity contribution in [2.45, 2.75) is 52.5 Å². The fourth-order valence-corrected chi connectivity index (χ4v) is 1.53. The Hall–Kier alpha value is -0.460. The second kappa shape index (κ2) is 3.51. The molecule has 1 fully saturated rings. The summed E-state index contributed by atoms with van der Waals surface area (Å²) in [6, 6.07) is 0.705. The standard InChI is InChI=1S/C11H21N/c1-9(11(2,3)4)12-10-7-5-6-8-10/h10,12H,1,5-8H2,2-4H3. The molecule has 0 atom stereocenters. The van der Waals surface area contributed by atoms with Gasteiger partial charge < -0.3 is 5.32 Å². The number of hydrogen-bond acceptors (Lipinski definition) is 1. The predicted molar refractivity (Wildman–Crippen MR) is 54.0 cm³/mol. The molecule has 12 heavy (non-hydrogen) atoms. The molecule has 1 saturated carbocycles. The summed E-state index contributed by atoms with van der Waals surface area (Å²) in [6.07, 6.45) is 5.42. The zero-order valence-electron chi connectivity index (χ0n) is 8.61. The molecule has 1 aliphatic carbocycles. The maximum atomic E-state index is 4.08. The zero-order chi connectivity index (χ0) is 9.19. The van der Waals surface area contributed by atoms with E-state index in [0.717, 1.165) is 0 Å². The molecule has 0 aromatic heterocycles. The van der Waals surface area contributed by atoms with Crippen LogP contribution in [0.25, 0.3) is 0 Å². The Morgan fingerprint density at radius 2 is 1.75 bits per heavy atom. The summed E-state index contributed by atoms with van der Waals surface area (Å²) in [5, 5.41) is 3.52. The molecule has 0 aromatic rings. The minimum absolute atomic E-state index is 0.211. The Bertz CT molecular complexity index is 158. The van der Waals surface area contributed by atoms with Gasteiger partial charge in [-0.05, 0) is 12.8 Å². The summed E-state index contributed by atoms with van der Waals surface area (Å²) >= 11 is 0. The number of hydrogen-bond donors (Lipinski definition) is 1. The van der Waals surface area contributed by atoms with E-state index in [2.05, 4.69) is 32.7 Å². The topological polar surface area (TPSA) is 12.0 Å². The Balaban J connectivity index is 2.35. The molecule has 1 heteroatoms. The highest BCUT2D eigenvalue weighted by Gasteiger charge is 2.20. The molecule has 0 aromatic carbocycles. The predicted octanol–water partition coefficient (Wildman–Crippen LogP) is 3.08. The van der Waals surface area contributed by atoms with Gasteiger partial charge >= 0.3 is 0 Å². The molecule has 1 aliphatic rings. The van der Waals surface area contributed by atoms with Crippen LogP contribution in [0.1, 0.15) is 46.5 Å². The van der Waals surface area contributed by atoms with Crippen LogP contribution in [-0.2, 0) is 0 Å². The molecule has 1 nitrogen and oxygen atoms in total. The van der Waals surface area contributed by atoms with E-state index in [-0.39, 0.29) is 5.41 Å². The van der Waals surface area contributed by atoms with Gasteiger partial charge in [0.1, 0.15) is 0 Å². The molecule has 0 amide bonds. The lowest BCUT2D eigenvalue weighted by molar-refractivity contribution is 0.429. The third-order valence-electron chi connectivity index (χ3n) is 2.64. The second-order valence-electron chi connectivity index (χ2n) is 4.85. The summed E-state index contributed by atoms with van der Waals surface area (Å²) in [4.78, 5) is 0. The van der Waals surface area contributed by atoms with Crippen LogP contribution in [0.3, 0.4) is 0 Å². The zero-order valence-corrected chi connectivity index (χ0v) is 8.61. The normalized spacial score (nSPS) is 19.6. The van der Waals surface area contributed by atoms with E-state index in [4.69, 9.17) is 0 Å². The van der Waals surface area contributed by atoms with E-state index >= 15 is 0 Å². The molecule has 0 unspecified atom stereocenters. The van der Waals surface area contributed by atoms with Crippen molar-refractivity contribution in [3.63, 3.8) is 0 Å². The van der Waals surface area contributed by atoms with E-state index in [1.807, 2.05) is 0 Å². The lowest BCUT2D eigenvalue weighted by Crippen LogP contribution is -2.31. The highest BCUT2D eigenvalue weighted by atomic mass is 14.9. The Morgan fingerprint density at radius 3 is 2.17 bits per heavy atom. The average Bonchev–Trinajstić information content (AvgIpc) is 2.37. The average molecular weight is 167 g/mol. The second-order valence-corrected chi connectivity index (χ2v) is 4.85. The van der Waals surface area contributed by atoms with Crippen LogP contribution in [0.15, 0.2) is 12.3 Å². The largest absolute Gasteiger partial charge is 0.386 e. The molecule has 70 valence electrons. The van der Waals surface area contributed by atoms with Crippen LogP contribution in [0.2, 0.25) is 0 Å². The van der Waals surface area contributed by atoms with Crippen molar-refractivity contribution in [1.82, 2.24) is 5.32 Å². The summed E-state index contributed by atoms with van der Waals surface area (Å²) in [6.45, 7) is 10.7. The highest BCUT2D eigenvalue weighted by molar-refractivity contribution is 5.04. The van der Waals surface area contributed by atoms with Crippen LogP contribution in [-0.4, -0.2) is 6.04 Å². The third-order valence-corrected chi connectivity index (χ3v) is 2.64. The Morgan fingerprint density at radius 1 is 1.25 bits per heavy atom. The lowest BCUT2D eigenvalue weighted by Gasteiger charge is -2.26. The molecular weight excluding hydrogens is 146 g/mol. The molecule has 0 radical (unpaired) electrons. The van der Waals surface area contributed by atoms with Gasteiger partial charge in [0.25, 0.3) is 0 Å². The molecule has 0 heterocycles. The van der Waals surface area contributed by atoms with Gasteiger partial charge in [0.05, 0.1) is 0 Å². The van der Waals surface area contributed by atoms with E-state index in [1.165, 1.54) is 31.4 Å².